The van der Waals surface area contributed by atoms with Crippen molar-refractivity contribution in [1.82, 2.24) is 15.5 Å². The van der Waals surface area contributed by atoms with Gasteiger partial charge >= 0.3 is 0 Å². The second-order valence-electron chi connectivity index (χ2n) is 5.20. The van der Waals surface area contributed by atoms with Crippen molar-refractivity contribution < 1.29 is 4.79 Å². The fraction of sp³-hybridized carbons (Fsp3) is 0.643. The van der Waals surface area contributed by atoms with E-state index in [0.717, 1.165) is 25.9 Å². The number of nitrogens with zero attached hydrogens (tertiary/aromatic N) is 1. The number of likely N-dealkylation sites (N-methyl/N-ethyl adjacent to an activating group) is 1. The molecule has 1 saturated heterocycles. The van der Waals surface area contributed by atoms with Gasteiger partial charge in [0.05, 0.1) is 12.6 Å². The topological polar surface area (TPSA) is 44.4 Å². The summed E-state index contributed by atoms with van der Waals surface area (Å²) in [6, 6.07) is 4.72. The van der Waals surface area contributed by atoms with Crippen LogP contribution in [0, 0.1) is 0 Å². The van der Waals surface area contributed by atoms with Gasteiger partial charge in [0.2, 0.25) is 5.91 Å². The highest BCUT2D eigenvalue weighted by atomic mass is 35.5. The zero-order chi connectivity index (χ0) is 13.7. The van der Waals surface area contributed by atoms with E-state index in [9.17, 15) is 4.79 Å². The molecule has 2 rings (SSSR count). The first-order chi connectivity index (χ1) is 9.16. The summed E-state index contributed by atoms with van der Waals surface area (Å²) < 4.78 is 0. The summed E-state index contributed by atoms with van der Waals surface area (Å²) in [7, 11) is 2.05. The Morgan fingerprint density at radius 3 is 2.85 bits per heavy atom. The molecule has 0 aromatic carbocycles. The van der Waals surface area contributed by atoms with Gasteiger partial charge in [-0.25, -0.2) is 0 Å². The fourth-order valence-electron chi connectivity index (χ4n) is 2.50. The molecule has 1 fully saturated rings. The normalized spacial score (nSPS) is 17.6. The molecule has 0 aliphatic carbocycles. The fourth-order valence-corrected chi connectivity index (χ4v) is 3.23. The molecular formula is C14H24ClN3OS. The molecule has 1 aliphatic rings. The SMILES string of the molecule is CC(NC(=O)CN(C)C1CCNCC1)c1cccs1.Cl. The maximum atomic E-state index is 12.0. The Balaban J connectivity index is 0.00000200. The number of thiophene rings is 1. The smallest absolute Gasteiger partial charge is 0.234 e. The molecular weight excluding hydrogens is 294 g/mol. The van der Waals surface area contributed by atoms with Crippen molar-refractivity contribution in [2.45, 2.75) is 31.8 Å². The van der Waals surface area contributed by atoms with Crippen molar-refractivity contribution in [3.05, 3.63) is 22.4 Å². The molecule has 1 aromatic heterocycles. The minimum absolute atomic E-state index is 0. The lowest BCUT2D eigenvalue weighted by Crippen LogP contribution is -2.45. The first-order valence-electron chi connectivity index (χ1n) is 6.90. The third-order valence-corrected chi connectivity index (χ3v) is 4.73. The first kappa shape index (κ1) is 17.4. The summed E-state index contributed by atoms with van der Waals surface area (Å²) in [4.78, 5) is 15.4. The summed E-state index contributed by atoms with van der Waals surface area (Å²) in [5.41, 5.74) is 0. The number of amides is 1. The van der Waals surface area contributed by atoms with Gasteiger partial charge in [-0.15, -0.1) is 23.7 Å². The van der Waals surface area contributed by atoms with Crippen LogP contribution in [0.1, 0.15) is 30.7 Å². The highest BCUT2D eigenvalue weighted by Gasteiger charge is 2.20. The zero-order valence-electron chi connectivity index (χ0n) is 12.1. The van der Waals surface area contributed by atoms with Gasteiger partial charge in [-0.1, -0.05) is 6.07 Å². The minimum Gasteiger partial charge on any atom is -0.348 e. The maximum absolute atomic E-state index is 12.0. The van der Waals surface area contributed by atoms with Gasteiger partial charge in [-0.2, -0.15) is 0 Å². The number of carbonyl (C=O) groups is 1. The second kappa shape index (κ2) is 8.62. The van der Waals surface area contributed by atoms with E-state index in [1.165, 1.54) is 4.88 Å². The van der Waals surface area contributed by atoms with Gasteiger partial charge < -0.3 is 10.6 Å². The van der Waals surface area contributed by atoms with E-state index in [1.807, 2.05) is 25.4 Å². The third-order valence-electron chi connectivity index (χ3n) is 3.67. The van der Waals surface area contributed by atoms with E-state index in [-0.39, 0.29) is 24.4 Å². The Labute approximate surface area is 131 Å². The molecule has 1 amide bonds. The quantitative estimate of drug-likeness (QED) is 0.873. The number of carbonyl (C=O) groups excluding carboxylic acids is 1. The van der Waals surface area contributed by atoms with Gasteiger partial charge in [0.1, 0.15) is 0 Å². The molecule has 114 valence electrons. The summed E-state index contributed by atoms with van der Waals surface area (Å²) in [6.45, 7) is 4.64. The Bertz CT molecular complexity index is 393. The van der Waals surface area contributed by atoms with Crippen LogP contribution in [0.5, 0.6) is 0 Å². The number of piperidine rings is 1. The Hall–Kier alpha value is -0.620. The van der Waals surface area contributed by atoms with E-state index in [4.69, 9.17) is 0 Å². The molecule has 1 unspecified atom stereocenters. The van der Waals surface area contributed by atoms with Crippen molar-refractivity contribution in [1.29, 1.82) is 0 Å². The van der Waals surface area contributed by atoms with Crippen LogP contribution in [0.3, 0.4) is 0 Å². The second-order valence-corrected chi connectivity index (χ2v) is 6.18. The molecule has 2 heterocycles. The van der Waals surface area contributed by atoms with Crippen molar-refractivity contribution in [3.63, 3.8) is 0 Å². The molecule has 1 aliphatic heterocycles. The molecule has 1 aromatic rings. The van der Waals surface area contributed by atoms with E-state index in [1.54, 1.807) is 11.3 Å². The summed E-state index contributed by atoms with van der Waals surface area (Å²) in [5, 5.41) is 8.46. The Kier molecular flexibility index (Phi) is 7.51. The maximum Gasteiger partial charge on any atom is 0.234 e. The number of hydrogen-bond donors (Lipinski definition) is 2. The van der Waals surface area contributed by atoms with Crippen molar-refractivity contribution >= 4 is 29.7 Å². The van der Waals surface area contributed by atoms with Gasteiger partial charge in [-0.3, -0.25) is 9.69 Å². The van der Waals surface area contributed by atoms with Gasteiger partial charge in [-0.05, 0) is 51.3 Å². The molecule has 0 radical (unpaired) electrons. The van der Waals surface area contributed by atoms with Gasteiger partial charge in [0, 0.05) is 10.9 Å². The summed E-state index contributed by atoms with van der Waals surface area (Å²) in [6.07, 6.45) is 2.26. The van der Waals surface area contributed by atoms with Crippen LogP contribution < -0.4 is 10.6 Å². The molecule has 4 nitrogen and oxygen atoms in total. The molecule has 1 atom stereocenters. The number of hydrogen-bond acceptors (Lipinski definition) is 4. The van der Waals surface area contributed by atoms with Crippen LogP contribution in [0.15, 0.2) is 17.5 Å². The zero-order valence-corrected chi connectivity index (χ0v) is 13.7. The van der Waals surface area contributed by atoms with Gasteiger partial charge in [0.25, 0.3) is 0 Å². The van der Waals surface area contributed by atoms with E-state index >= 15 is 0 Å². The van der Waals surface area contributed by atoms with Crippen LogP contribution in [-0.2, 0) is 4.79 Å². The lowest BCUT2D eigenvalue weighted by Gasteiger charge is -2.31. The van der Waals surface area contributed by atoms with Crippen LogP contribution in [0.2, 0.25) is 0 Å². The predicted octanol–water partition coefficient (Wildman–Crippen LogP) is 2.03. The highest BCUT2D eigenvalue weighted by molar-refractivity contribution is 7.10. The van der Waals surface area contributed by atoms with Crippen LogP contribution >= 0.6 is 23.7 Å². The molecule has 2 N–H and O–H groups in total. The van der Waals surface area contributed by atoms with E-state index in [2.05, 4.69) is 21.6 Å². The first-order valence-corrected chi connectivity index (χ1v) is 7.78. The summed E-state index contributed by atoms with van der Waals surface area (Å²) in [5.74, 6) is 0.113. The minimum atomic E-state index is 0. The van der Waals surface area contributed by atoms with Crippen molar-refractivity contribution in [2.24, 2.45) is 0 Å². The van der Waals surface area contributed by atoms with Gasteiger partial charge in [0.15, 0.2) is 0 Å². The standard InChI is InChI=1S/C14H23N3OS.ClH/c1-11(13-4-3-9-19-13)16-14(18)10-17(2)12-5-7-15-8-6-12;/h3-4,9,11-12,15H,5-8,10H2,1-2H3,(H,16,18);1H. The average Bonchev–Trinajstić information content (AvgIpc) is 2.93. The third kappa shape index (κ3) is 5.05. The van der Waals surface area contributed by atoms with Crippen LogP contribution in [0.25, 0.3) is 0 Å². The largest absolute Gasteiger partial charge is 0.348 e. The lowest BCUT2D eigenvalue weighted by molar-refractivity contribution is -0.123. The summed E-state index contributed by atoms with van der Waals surface area (Å²) >= 11 is 1.68. The van der Waals surface area contributed by atoms with E-state index < -0.39 is 0 Å². The molecule has 0 bridgehead atoms. The van der Waals surface area contributed by atoms with Crippen molar-refractivity contribution in [3.8, 4) is 0 Å². The molecule has 20 heavy (non-hydrogen) atoms. The van der Waals surface area contributed by atoms with Crippen molar-refractivity contribution in [2.75, 3.05) is 26.7 Å². The van der Waals surface area contributed by atoms with Crippen LogP contribution in [0.4, 0.5) is 0 Å². The van der Waals surface area contributed by atoms with Crippen LogP contribution in [-0.4, -0.2) is 43.5 Å². The highest BCUT2D eigenvalue weighted by Crippen LogP contribution is 2.18. The predicted molar refractivity (Wildman–Crippen MR) is 86.6 cm³/mol. The molecule has 6 heteroatoms. The number of nitrogens with one attached hydrogen (secondary N) is 2. The lowest BCUT2D eigenvalue weighted by atomic mass is 10.1. The van der Waals surface area contributed by atoms with E-state index in [0.29, 0.717) is 12.6 Å². The Morgan fingerprint density at radius 2 is 2.25 bits per heavy atom. The average molecular weight is 318 g/mol. The Morgan fingerprint density at radius 1 is 1.55 bits per heavy atom. The number of rotatable bonds is 5. The number of halogens is 1. The molecule has 0 spiro atoms. The monoisotopic (exact) mass is 317 g/mol. The molecule has 0 saturated carbocycles.